The van der Waals surface area contributed by atoms with Gasteiger partial charge in [0, 0.05) is 5.92 Å². The Morgan fingerprint density at radius 2 is 2.29 bits per heavy atom. The number of aliphatic hydroxyl groups excluding tert-OH is 1. The van der Waals surface area contributed by atoms with Crippen LogP contribution < -0.4 is 4.74 Å². The normalized spacial score (nSPS) is 25.9. The van der Waals surface area contributed by atoms with Crippen LogP contribution in [0, 0.1) is 5.92 Å². The van der Waals surface area contributed by atoms with Crippen molar-refractivity contribution in [2.24, 2.45) is 5.92 Å². The van der Waals surface area contributed by atoms with E-state index in [-0.39, 0.29) is 12.0 Å². The van der Waals surface area contributed by atoms with Crippen molar-refractivity contribution in [2.45, 2.75) is 25.6 Å². The second-order valence-corrected chi connectivity index (χ2v) is 4.89. The zero-order chi connectivity index (χ0) is 12.4. The molecule has 3 unspecified atom stereocenters. The number of rotatable bonds is 3. The molecule has 1 aromatic rings. The Hall–Kier alpha value is -0.770. The highest BCUT2D eigenvalue weighted by molar-refractivity contribution is 6.32. The van der Waals surface area contributed by atoms with Crippen molar-refractivity contribution in [3.8, 4) is 5.75 Å². The van der Waals surface area contributed by atoms with Crippen LogP contribution in [0.5, 0.6) is 5.75 Å². The summed E-state index contributed by atoms with van der Waals surface area (Å²) in [5.41, 5.74) is 0.818. The zero-order valence-corrected chi connectivity index (χ0v) is 10.8. The van der Waals surface area contributed by atoms with Crippen molar-refractivity contribution < 1.29 is 14.6 Å². The second-order valence-electron chi connectivity index (χ2n) is 4.48. The molecule has 0 aromatic heterocycles. The van der Waals surface area contributed by atoms with Gasteiger partial charge in [0.1, 0.15) is 5.75 Å². The quantitative estimate of drug-likeness (QED) is 0.904. The molecule has 1 saturated heterocycles. The molecule has 0 radical (unpaired) electrons. The second kappa shape index (κ2) is 5.25. The van der Waals surface area contributed by atoms with Gasteiger partial charge < -0.3 is 14.6 Å². The molecular formula is C13H17ClO3. The Labute approximate surface area is 106 Å². The van der Waals surface area contributed by atoms with Gasteiger partial charge in [0.2, 0.25) is 0 Å². The van der Waals surface area contributed by atoms with Gasteiger partial charge in [-0.2, -0.15) is 0 Å². The number of ether oxygens (including phenoxy) is 2. The Kier molecular flexibility index (Phi) is 3.92. The first-order valence-corrected chi connectivity index (χ1v) is 6.12. The summed E-state index contributed by atoms with van der Waals surface area (Å²) in [6.07, 6.45) is 0.580. The standard InChI is InChI=1S/C13H17ClO3/c1-8-5-10(7-17-8)13(15)9-3-4-12(16-2)11(14)6-9/h3-4,6,8,10,13,15H,5,7H2,1-2H3. The van der Waals surface area contributed by atoms with Gasteiger partial charge in [0.15, 0.2) is 0 Å². The van der Waals surface area contributed by atoms with Gasteiger partial charge in [-0.3, -0.25) is 0 Å². The molecule has 1 aliphatic rings. The largest absolute Gasteiger partial charge is 0.495 e. The van der Waals surface area contributed by atoms with E-state index in [2.05, 4.69) is 0 Å². The predicted molar refractivity (Wildman–Crippen MR) is 66.5 cm³/mol. The summed E-state index contributed by atoms with van der Waals surface area (Å²) in [6, 6.07) is 5.38. The highest BCUT2D eigenvalue weighted by atomic mass is 35.5. The monoisotopic (exact) mass is 256 g/mol. The number of methoxy groups -OCH3 is 1. The van der Waals surface area contributed by atoms with Gasteiger partial charge in [-0.15, -0.1) is 0 Å². The number of hydrogen-bond donors (Lipinski definition) is 1. The third-order valence-corrected chi connectivity index (χ3v) is 3.49. The summed E-state index contributed by atoms with van der Waals surface area (Å²) >= 11 is 6.04. The maximum atomic E-state index is 10.2. The molecule has 0 spiro atoms. The van der Waals surface area contributed by atoms with E-state index in [1.165, 1.54) is 0 Å². The van der Waals surface area contributed by atoms with Crippen LogP contribution in [0.4, 0.5) is 0 Å². The summed E-state index contributed by atoms with van der Waals surface area (Å²) in [6.45, 7) is 2.62. The summed E-state index contributed by atoms with van der Waals surface area (Å²) in [5, 5.41) is 10.8. The molecule has 1 fully saturated rings. The maximum absolute atomic E-state index is 10.2. The molecule has 3 atom stereocenters. The van der Waals surface area contributed by atoms with Crippen LogP contribution in [-0.4, -0.2) is 24.9 Å². The molecule has 1 heterocycles. The van der Waals surface area contributed by atoms with E-state index < -0.39 is 6.10 Å². The van der Waals surface area contributed by atoms with Gasteiger partial charge in [-0.25, -0.2) is 0 Å². The van der Waals surface area contributed by atoms with Crippen molar-refractivity contribution in [2.75, 3.05) is 13.7 Å². The molecule has 17 heavy (non-hydrogen) atoms. The highest BCUT2D eigenvalue weighted by Gasteiger charge is 2.29. The summed E-state index contributed by atoms with van der Waals surface area (Å²) in [4.78, 5) is 0. The van der Waals surface area contributed by atoms with Gasteiger partial charge in [-0.1, -0.05) is 17.7 Å². The molecule has 1 aliphatic heterocycles. The van der Waals surface area contributed by atoms with Gasteiger partial charge in [0.25, 0.3) is 0 Å². The zero-order valence-electron chi connectivity index (χ0n) is 10.0. The van der Waals surface area contributed by atoms with Crippen LogP contribution in [0.15, 0.2) is 18.2 Å². The number of aliphatic hydroxyl groups is 1. The molecule has 0 bridgehead atoms. The van der Waals surface area contributed by atoms with E-state index in [0.717, 1.165) is 12.0 Å². The summed E-state index contributed by atoms with van der Waals surface area (Å²) in [5.74, 6) is 0.771. The lowest BCUT2D eigenvalue weighted by molar-refractivity contribution is 0.0804. The van der Waals surface area contributed by atoms with Crippen molar-refractivity contribution >= 4 is 11.6 Å². The number of halogens is 1. The predicted octanol–water partition coefficient (Wildman–Crippen LogP) is 2.81. The molecule has 1 N–H and O–H groups in total. The van der Waals surface area contributed by atoms with Crippen LogP contribution in [0.1, 0.15) is 25.0 Å². The molecular weight excluding hydrogens is 240 g/mol. The van der Waals surface area contributed by atoms with Gasteiger partial charge in [-0.05, 0) is 31.0 Å². The highest BCUT2D eigenvalue weighted by Crippen LogP contribution is 2.34. The molecule has 2 rings (SSSR count). The molecule has 94 valence electrons. The fourth-order valence-electron chi connectivity index (χ4n) is 2.21. The lowest BCUT2D eigenvalue weighted by atomic mass is 9.93. The van der Waals surface area contributed by atoms with Crippen LogP contribution in [0.3, 0.4) is 0 Å². The Balaban J connectivity index is 2.14. The molecule has 0 amide bonds. The number of hydrogen-bond acceptors (Lipinski definition) is 3. The van der Waals surface area contributed by atoms with E-state index in [9.17, 15) is 5.11 Å². The Morgan fingerprint density at radius 1 is 1.53 bits per heavy atom. The maximum Gasteiger partial charge on any atom is 0.137 e. The fourth-order valence-corrected chi connectivity index (χ4v) is 2.48. The fraction of sp³-hybridized carbons (Fsp3) is 0.538. The molecule has 0 saturated carbocycles. The van der Waals surface area contributed by atoms with Crippen LogP contribution in [0.25, 0.3) is 0 Å². The van der Waals surface area contributed by atoms with Gasteiger partial charge >= 0.3 is 0 Å². The minimum absolute atomic E-state index is 0.148. The van der Waals surface area contributed by atoms with Crippen molar-refractivity contribution in [3.63, 3.8) is 0 Å². The Bertz CT molecular complexity index is 394. The number of benzene rings is 1. The molecule has 3 nitrogen and oxygen atoms in total. The average Bonchev–Trinajstić information content (AvgIpc) is 2.75. The Morgan fingerprint density at radius 3 is 2.82 bits per heavy atom. The summed E-state index contributed by atoms with van der Waals surface area (Å²) in [7, 11) is 1.57. The van der Waals surface area contributed by atoms with Crippen LogP contribution >= 0.6 is 11.6 Å². The molecule has 4 heteroatoms. The van der Waals surface area contributed by atoms with E-state index in [4.69, 9.17) is 21.1 Å². The topological polar surface area (TPSA) is 38.7 Å². The van der Waals surface area contributed by atoms with E-state index in [0.29, 0.717) is 17.4 Å². The first-order chi connectivity index (χ1) is 8.11. The third-order valence-electron chi connectivity index (χ3n) is 3.19. The van der Waals surface area contributed by atoms with E-state index in [1.807, 2.05) is 13.0 Å². The average molecular weight is 257 g/mol. The summed E-state index contributed by atoms with van der Waals surface area (Å²) < 4.78 is 10.5. The van der Waals surface area contributed by atoms with Crippen LogP contribution in [0.2, 0.25) is 5.02 Å². The molecule has 0 aliphatic carbocycles. The SMILES string of the molecule is COc1ccc(C(O)C2COC(C)C2)cc1Cl. The lowest BCUT2D eigenvalue weighted by Gasteiger charge is -2.17. The van der Waals surface area contributed by atoms with E-state index in [1.54, 1.807) is 19.2 Å². The minimum atomic E-state index is -0.525. The van der Waals surface area contributed by atoms with Crippen LogP contribution in [-0.2, 0) is 4.74 Å². The lowest BCUT2D eigenvalue weighted by Crippen LogP contribution is -2.12. The van der Waals surface area contributed by atoms with E-state index >= 15 is 0 Å². The molecule has 1 aromatic carbocycles. The first-order valence-electron chi connectivity index (χ1n) is 5.75. The smallest absolute Gasteiger partial charge is 0.137 e. The van der Waals surface area contributed by atoms with Gasteiger partial charge in [0.05, 0.1) is 30.9 Å². The van der Waals surface area contributed by atoms with Crippen molar-refractivity contribution in [1.29, 1.82) is 0 Å². The first kappa shape index (κ1) is 12.7. The van der Waals surface area contributed by atoms with Crippen molar-refractivity contribution in [3.05, 3.63) is 28.8 Å². The van der Waals surface area contributed by atoms with Crippen molar-refractivity contribution in [1.82, 2.24) is 0 Å². The third kappa shape index (κ3) is 2.73. The minimum Gasteiger partial charge on any atom is -0.495 e.